The SMILES string of the molecule is O=C([O-])[C@H]1C2c3ccccc3C(c3ccccc32)[C@@H]1c1ccccc1. The van der Waals surface area contributed by atoms with Crippen LogP contribution in [0, 0.1) is 5.92 Å². The van der Waals surface area contributed by atoms with Crippen molar-refractivity contribution in [3.8, 4) is 0 Å². The summed E-state index contributed by atoms with van der Waals surface area (Å²) in [4.78, 5) is 12.2. The van der Waals surface area contributed by atoms with Crippen molar-refractivity contribution >= 4 is 5.97 Å². The van der Waals surface area contributed by atoms with Gasteiger partial charge in [-0.2, -0.15) is 0 Å². The maximum atomic E-state index is 12.2. The van der Waals surface area contributed by atoms with Crippen LogP contribution < -0.4 is 5.11 Å². The highest BCUT2D eigenvalue weighted by atomic mass is 16.4. The Morgan fingerprint density at radius 1 is 0.640 bits per heavy atom. The normalized spacial score (nSPS) is 25.9. The molecule has 0 fully saturated rings. The Balaban J connectivity index is 1.83. The Bertz CT molecular complexity index is 913. The number of carbonyl (C=O) groups is 1. The minimum absolute atomic E-state index is 0.0581. The number of hydrogen-bond acceptors (Lipinski definition) is 2. The summed E-state index contributed by atoms with van der Waals surface area (Å²) >= 11 is 0. The van der Waals surface area contributed by atoms with Gasteiger partial charge in [0.15, 0.2) is 0 Å². The minimum Gasteiger partial charge on any atom is -0.550 e. The molecule has 2 bridgehead atoms. The average molecular weight is 325 g/mol. The third-order valence-corrected chi connectivity index (χ3v) is 5.89. The zero-order valence-corrected chi connectivity index (χ0v) is 13.6. The molecular weight excluding hydrogens is 308 g/mol. The van der Waals surface area contributed by atoms with Gasteiger partial charge in [-0.25, -0.2) is 0 Å². The summed E-state index contributed by atoms with van der Waals surface area (Å²) in [5.41, 5.74) is 5.89. The first-order valence-electron chi connectivity index (χ1n) is 8.71. The molecule has 3 aliphatic carbocycles. The lowest BCUT2D eigenvalue weighted by Crippen LogP contribution is -2.47. The summed E-state index contributed by atoms with van der Waals surface area (Å²) in [6.45, 7) is 0. The van der Waals surface area contributed by atoms with Crippen molar-refractivity contribution in [1.29, 1.82) is 0 Å². The number of carboxylic acids is 1. The van der Waals surface area contributed by atoms with Crippen molar-refractivity contribution in [2.24, 2.45) is 5.92 Å². The van der Waals surface area contributed by atoms with E-state index in [2.05, 4.69) is 36.4 Å². The topological polar surface area (TPSA) is 40.1 Å². The first kappa shape index (κ1) is 14.5. The monoisotopic (exact) mass is 325 g/mol. The number of rotatable bonds is 2. The van der Waals surface area contributed by atoms with E-state index in [0.29, 0.717) is 0 Å². The van der Waals surface area contributed by atoms with E-state index in [1.807, 2.05) is 42.5 Å². The predicted octanol–water partition coefficient (Wildman–Crippen LogP) is 3.43. The minimum atomic E-state index is -0.951. The van der Waals surface area contributed by atoms with Gasteiger partial charge < -0.3 is 9.90 Å². The molecule has 25 heavy (non-hydrogen) atoms. The Kier molecular flexibility index (Phi) is 3.08. The second-order valence-corrected chi connectivity index (χ2v) is 6.99. The Labute approximate surface area is 146 Å². The van der Waals surface area contributed by atoms with Gasteiger partial charge in [0.25, 0.3) is 0 Å². The largest absolute Gasteiger partial charge is 0.550 e. The van der Waals surface area contributed by atoms with E-state index in [4.69, 9.17) is 0 Å². The van der Waals surface area contributed by atoms with Gasteiger partial charge in [-0.15, -0.1) is 0 Å². The Morgan fingerprint density at radius 2 is 1.08 bits per heavy atom. The van der Waals surface area contributed by atoms with Gasteiger partial charge in [-0.1, -0.05) is 78.9 Å². The van der Waals surface area contributed by atoms with Crippen molar-refractivity contribution < 1.29 is 9.90 Å². The molecule has 122 valence electrons. The van der Waals surface area contributed by atoms with Crippen LogP contribution in [0.2, 0.25) is 0 Å². The van der Waals surface area contributed by atoms with Crippen molar-refractivity contribution in [1.82, 2.24) is 0 Å². The zero-order chi connectivity index (χ0) is 17.0. The van der Waals surface area contributed by atoms with Gasteiger partial charge in [0.2, 0.25) is 0 Å². The van der Waals surface area contributed by atoms with Crippen LogP contribution in [-0.2, 0) is 4.79 Å². The number of fused-ring (bicyclic) bond motifs is 1. The van der Waals surface area contributed by atoms with Crippen LogP contribution in [0.3, 0.4) is 0 Å². The van der Waals surface area contributed by atoms with E-state index in [1.54, 1.807) is 0 Å². The lowest BCUT2D eigenvalue weighted by molar-refractivity contribution is -0.313. The summed E-state index contributed by atoms with van der Waals surface area (Å²) in [6, 6.07) is 26.6. The number of aliphatic carboxylic acids is 1. The molecular formula is C23H17O2-. The van der Waals surface area contributed by atoms with E-state index < -0.39 is 11.9 Å². The summed E-state index contributed by atoms with van der Waals surface area (Å²) in [5.74, 6) is -1.68. The van der Waals surface area contributed by atoms with Gasteiger partial charge in [0, 0.05) is 29.6 Å². The molecule has 0 spiro atoms. The molecule has 0 heterocycles. The highest BCUT2D eigenvalue weighted by molar-refractivity contribution is 5.76. The molecule has 0 aromatic heterocycles. The maximum absolute atomic E-state index is 12.2. The fraction of sp³-hybridized carbons (Fsp3) is 0.174. The summed E-state index contributed by atoms with van der Waals surface area (Å²) < 4.78 is 0. The summed E-state index contributed by atoms with van der Waals surface area (Å²) in [5, 5.41) is 12.2. The predicted molar refractivity (Wildman–Crippen MR) is 94.3 cm³/mol. The van der Waals surface area contributed by atoms with E-state index in [9.17, 15) is 9.90 Å². The molecule has 0 aliphatic heterocycles. The van der Waals surface area contributed by atoms with Crippen molar-refractivity contribution in [3.63, 3.8) is 0 Å². The van der Waals surface area contributed by atoms with Crippen LogP contribution in [0.1, 0.15) is 45.6 Å². The van der Waals surface area contributed by atoms with Crippen LogP contribution in [0.15, 0.2) is 78.9 Å². The number of hydrogen-bond donors (Lipinski definition) is 0. The third-order valence-electron chi connectivity index (χ3n) is 5.89. The third kappa shape index (κ3) is 1.94. The van der Waals surface area contributed by atoms with Crippen molar-refractivity contribution in [2.45, 2.75) is 17.8 Å². The van der Waals surface area contributed by atoms with E-state index in [-0.39, 0.29) is 17.8 Å². The average Bonchev–Trinajstić information content (AvgIpc) is 2.68. The molecule has 0 saturated carbocycles. The van der Waals surface area contributed by atoms with Crippen LogP contribution >= 0.6 is 0 Å². The fourth-order valence-electron chi connectivity index (χ4n) is 5.04. The highest BCUT2D eigenvalue weighted by Crippen LogP contribution is 2.61. The van der Waals surface area contributed by atoms with Gasteiger partial charge in [-0.3, -0.25) is 0 Å². The van der Waals surface area contributed by atoms with Gasteiger partial charge in [-0.05, 0) is 27.8 Å². The van der Waals surface area contributed by atoms with Crippen LogP contribution in [0.5, 0.6) is 0 Å². The molecule has 0 radical (unpaired) electrons. The van der Waals surface area contributed by atoms with Crippen LogP contribution in [0.25, 0.3) is 0 Å². The van der Waals surface area contributed by atoms with Crippen molar-refractivity contribution in [2.75, 3.05) is 0 Å². The molecule has 3 aliphatic rings. The number of carbonyl (C=O) groups excluding carboxylic acids is 1. The quantitative estimate of drug-likeness (QED) is 0.724. The summed E-state index contributed by atoms with van der Waals surface area (Å²) in [6.07, 6.45) is 0. The second kappa shape index (κ2) is 5.32. The molecule has 0 unspecified atom stereocenters. The molecule has 2 nitrogen and oxygen atoms in total. The smallest absolute Gasteiger partial charge is 0.0461 e. The first-order chi connectivity index (χ1) is 12.3. The van der Waals surface area contributed by atoms with E-state index >= 15 is 0 Å². The summed E-state index contributed by atoms with van der Waals surface area (Å²) in [7, 11) is 0. The molecule has 3 aromatic carbocycles. The Hall–Kier alpha value is -2.87. The van der Waals surface area contributed by atoms with Crippen LogP contribution in [-0.4, -0.2) is 5.97 Å². The van der Waals surface area contributed by atoms with Crippen LogP contribution in [0.4, 0.5) is 0 Å². The second-order valence-electron chi connectivity index (χ2n) is 6.99. The molecule has 6 rings (SSSR count). The standard InChI is InChI=1S/C23H18O2/c24-23(25)22-19(14-8-2-1-3-9-14)20-15-10-4-6-12-17(15)21(22)18-13-7-5-11-16(18)20/h1-13,19-22H,(H,24,25)/p-1/t19-,20?,21?,22+/m0/s1. The molecule has 0 N–H and O–H groups in total. The van der Waals surface area contributed by atoms with Crippen molar-refractivity contribution in [3.05, 3.63) is 107 Å². The molecule has 0 saturated heterocycles. The number of carboxylic acid groups (broad SMARTS) is 1. The van der Waals surface area contributed by atoms with E-state index in [1.165, 1.54) is 11.1 Å². The fourth-order valence-corrected chi connectivity index (χ4v) is 5.04. The molecule has 2 atom stereocenters. The lowest BCUT2D eigenvalue weighted by Gasteiger charge is -2.51. The molecule has 2 heteroatoms. The maximum Gasteiger partial charge on any atom is 0.0461 e. The Morgan fingerprint density at radius 3 is 1.56 bits per heavy atom. The lowest BCUT2D eigenvalue weighted by atomic mass is 9.53. The molecule has 0 amide bonds. The van der Waals surface area contributed by atoms with E-state index in [0.717, 1.165) is 16.7 Å². The van der Waals surface area contributed by atoms with Gasteiger partial charge in [0.05, 0.1) is 0 Å². The zero-order valence-electron chi connectivity index (χ0n) is 13.6. The van der Waals surface area contributed by atoms with Gasteiger partial charge in [0.1, 0.15) is 0 Å². The highest BCUT2D eigenvalue weighted by Gasteiger charge is 2.50. The number of benzene rings is 3. The first-order valence-corrected chi connectivity index (χ1v) is 8.71. The molecule has 3 aromatic rings. The van der Waals surface area contributed by atoms with Gasteiger partial charge >= 0.3 is 0 Å².